The molecule has 6 heteroatoms. The summed E-state index contributed by atoms with van der Waals surface area (Å²) in [6.45, 7) is 9.65. The van der Waals surface area contributed by atoms with E-state index in [-0.39, 0.29) is 23.8 Å². The molecule has 1 aromatic heterocycles. The third-order valence-electron chi connectivity index (χ3n) is 7.15. The number of ether oxygens (including phenoxy) is 2. The number of carbonyl (C=O) groups excluding carboxylic acids is 1. The van der Waals surface area contributed by atoms with E-state index in [1.54, 1.807) is 25.2 Å². The second kappa shape index (κ2) is 11.6. The maximum absolute atomic E-state index is 12.2. The number of hydrogen-bond donors (Lipinski definition) is 0. The summed E-state index contributed by atoms with van der Waals surface area (Å²) in [5.41, 5.74) is 7.09. The van der Waals surface area contributed by atoms with Gasteiger partial charge >= 0.3 is 0 Å². The van der Waals surface area contributed by atoms with E-state index in [9.17, 15) is 10.1 Å². The van der Waals surface area contributed by atoms with Gasteiger partial charge in [0.25, 0.3) is 5.91 Å². The molecule has 1 saturated heterocycles. The van der Waals surface area contributed by atoms with Gasteiger partial charge in [0.15, 0.2) is 0 Å². The van der Waals surface area contributed by atoms with Crippen LogP contribution in [-0.4, -0.2) is 49.2 Å². The van der Waals surface area contributed by atoms with E-state index < -0.39 is 0 Å². The predicted octanol–water partition coefficient (Wildman–Crippen LogP) is 6.24. The molecule has 2 aromatic carbocycles. The van der Waals surface area contributed by atoms with Gasteiger partial charge in [-0.3, -0.25) is 9.78 Å². The molecule has 0 aliphatic carbocycles. The first kappa shape index (κ1) is 27.1. The van der Waals surface area contributed by atoms with E-state index in [1.165, 1.54) is 0 Å². The molecule has 0 radical (unpaired) electrons. The first-order valence-electron chi connectivity index (χ1n) is 12.9. The molecule has 1 aliphatic rings. The molecule has 3 aromatic rings. The zero-order chi connectivity index (χ0) is 27.4. The van der Waals surface area contributed by atoms with Gasteiger partial charge < -0.3 is 14.4 Å². The Hall–Kier alpha value is -3.95. The quantitative estimate of drug-likeness (QED) is 0.393. The molecule has 38 heavy (non-hydrogen) atoms. The zero-order valence-electron chi connectivity index (χ0n) is 23.0. The summed E-state index contributed by atoms with van der Waals surface area (Å²) >= 11 is 0. The highest BCUT2D eigenvalue weighted by atomic mass is 16.5. The molecule has 1 fully saturated rings. The molecular formula is C32H35N3O3. The highest BCUT2D eigenvalue weighted by Gasteiger charge is 2.31. The van der Waals surface area contributed by atoms with Gasteiger partial charge in [-0.1, -0.05) is 32.0 Å². The van der Waals surface area contributed by atoms with Crippen molar-refractivity contribution in [3.05, 3.63) is 82.7 Å². The van der Waals surface area contributed by atoms with Gasteiger partial charge in [0, 0.05) is 37.7 Å². The largest absolute Gasteiger partial charge is 0.488 e. The van der Waals surface area contributed by atoms with Crippen LogP contribution in [0.3, 0.4) is 0 Å². The molecule has 1 amide bonds. The van der Waals surface area contributed by atoms with Gasteiger partial charge in [-0.05, 0) is 78.1 Å². The van der Waals surface area contributed by atoms with Crippen molar-refractivity contribution in [3.63, 3.8) is 0 Å². The van der Waals surface area contributed by atoms with E-state index in [1.807, 2.05) is 62.4 Å². The molecule has 0 N–H and O–H groups in total. The Morgan fingerprint density at radius 3 is 2.37 bits per heavy atom. The van der Waals surface area contributed by atoms with Gasteiger partial charge in [-0.25, -0.2) is 0 Å². The van der Waals surface area contributed by atoms with Crippen LogP contribution in [0, 0.1) is 30.1 Å². The summed E-state index contributed by atoms with van der Waals surface area (Å²) in [4.78, 5) is 18.4. The number of rotatable bonds is 6. The molecule has 3 atom stereocenters. The van der Waals surface area contributed by atoms with E-state index in [0.29, 0.717) is 30.1 Å². The molecular weight excluding hydrogens is 474 g/mol. The third kappa shape index (κ3) is 5.79. The topological polar surface area (TPSA) is 75.5 Å². The Labute approximate surface area is 225 Å². The number of pyridine rings is 1. The van der Waals surface area contributed by atoms with Crippen molar-refractivity contribution in [2.24, 2.45) is 11.8 Å². The molecule has 0 bridgehead atoms. The molecule has 2 heterocycles. The van der Waals surface area contributed by atoms with E-state index >= 15 is 0 Å². The molecule has 6 nitrogen and oxygen atoms in total. The molecule has 0 saturated carbocycles. The van der Waals surface area contributed by atoms with Crippen LogP contribution < -0.4 is 4.74 Å². The summed E-state index contributed by atoms with van der Waals surface area (Å²) < 4.78 is 12.0. The molecule has 1 aliphatic heterocycles. The van der Waals surface area contributed by atoms with Gasteiger partial charge in [-0.15, -0.1) is 0 Å². The summed E-state index contributed by atoms with van der Waals surface area (Å²) in [5, 5.41) is 9.90. The zero-order valence-corrected chi connectivity index (χ0v) is 23.0. The lowest BCUT2D eigenvalue weighted by Crippen LogP contribution is -2.41. The van der Waals surface area contributed by atoms with Gasteiger partial charge in [-0.2, -0.15) is 5.26 Å². The standard InChI is InChI=1S/C32H35N3O3/c1-20(24-7-9-25(10-8-24)32(36)35(5)6)15-29-23(4)28(13-14-34-29)26-11-12-30(27(16-26)17-33)38-31-21(2)18-37-19-22(31)3/h7-16,21-22,31H,18-19H2,1-6H3/b20-15+/t21-,22?,31?/m1/s1. The Bertz CT molecular complexity index is 1380. The predicted molar refractivity (Wildman–Crippen MR) is 151 cm³/mol. The van der Waals surface area contributed by atoms with Gasteiger partial charge in [0.2, 0.25) is 0 Å². The number of aromatic nitrogens is 1. The first-order chi connectivity index (χ1) is 18.2. The van der Waals surface area contributed by atoms with Crippen molar-refractivity contribution >= 4 is 17.6 Å². The highest BCUT2D eigenvalue weighted by Crippen LogP contribution is 2.33. The number of nitriles is 1. The van der Waals surface area contributed by atoms with Crippen molar-refractivity contribution in [1.29, 1.82) is 5.26 Å². The number of amides is 1. The lowest BCUT2D eigenvalue weighted by Gasteiger charge is -2.34. The Morgan fingerprint density at radius 2 is 1.74 bits per heavy atom. The fourth-order valence-electron chi connectivity index (χ4n) is 4.89. The lowest BCUT2D eigenvalue weighted by molar-refractivity contribution is -0.0551. The van der Waals surface area contributed by atoms with E-state index in [2.05, 4.69) is 31.0 Å². The van der Waals surface area contributed by atoms with Crippen LogP contribution in [0.2, 0.25) is 0 Å². The van der Waals surface area contributed by atoms with Gasteiger partial charge in [0.1, 0.15) is 17.9 Å². The molecule has 2 unspecified atom stereocenters. The Morgan fingerprint density at radius 1 is 1.08 bits per heavy atom. The fraction of sp³-hybridized carbons (Fsp3) is 0.344. The number of hydrogen-bond acceptors (Lipinski definition) is 5. The average Bonchev–Trinajstić information content (AvgIpc) is 2.91. The normalized spacial score (nSPS) is 19.5. The van der Waals surface area contributed by atoms with Crippen LogP contribution in [0.1, 0.15) is 53.5 Å². The highest BCUT2D eigenvalue weighted by molar-refractivity contribution is 5.94. The maximum Gasteiger partial charge on any atom is 0.253 e. The fourth-order valence-corrected chi connectivity index (χ4v) is 4.89. The molecule has 4 rings (SSSR count). The molecule has 196 valence electrons. The van der Waals surface area contributed by atoms with Crippen molar-refractivity contribution in [3.8, 4) is 22.9 Å². The van der Waals surface area contributed by atoms with Crippen molar-refractivity contribution in [1.82, 2.24) is 9.88 Å². The third-order valence-corrected chi connectivity index (χ3v) is 7.15. The number of nitrogens with zero attached hydrogens (tertiary/aromatic N) is 3. The van der Waals surface area contributed by atoms with E-state index in [4.69, 9.17) is 9.47 Å². The van der Waals surface area contributed by atoms with Crippen molar-refractivity contribution in [2.75, 3.05) is 27.3 Å². The maximum atomic E-state index is 12.2. The Balaban J connectivity index is 1.60. The number of allylic oxidation sites excluding steroid dienone is 1. The minimum Gasteiger partial charge on any atom is -0.488 e. The van der Waals surface area contributed by atoms with Crippen LogP contribution in [-0.2, 0) is 4.74 Å². The first-order valence-corrected chi connectivity index (χ1v) is 12.9. The van der Waals surface area contributed by atoms with Crippen LogP contribution in [0.25, 0.3) is 22.8 Å². The number of benzene rings is 2. The summed E-state index contributed by atoms with van der Waals surface area (Å²) in [5.74, 6) is 1.11. The second-order valence-corrected chi connectivity index (χ2v) is 10.4. The second-order valence-electron chi connectivity index (χ2n) is 10.4. The number of carbonyl (C=O) groups is 1. The monoisotopic (exact) mass is 509 g/mol. The van der Waals surface area contributed by atoms with Crippen LogP contribution in [0.5, 0.6) is 5.75 Å². The smallest absolute Gasteiger partial charge is 0.253 e. The minimum absolute atomic E-state index is 0.0131. The molecule has 0 spiro atoms. The Kier molecular flexibility index (Phi) is 8.29. The van der Waals surface area contributed by atoms with E-state index in [0.717, 1.165) is 33.5 Å². The van der Waals surface area contributed by atoms with Crippen LogP contribution in [0.4, 0.5) is 0 Å². The lowest BCUT2D eigenvalue weighted by atomic mass is 9.92. The van der Waals surface area contributed by atoms with Crippen molar-refractivity contribution in [2.45, 2.75) is 33.8 Å². The average molecular weight is 510 g/mol. The van der Waals surface area contributed by atoms with Crippen LogP contribution in [0.15, 0.2) is 54.7 Å². The summed E-state index contributed by atoms with van der Waals surface area (Å²) in [7, 11) is 3.49. The SMILES string of the molecule is C/C(=C\c1nccc(-c2ccc(OC3C(C)COC[C@H]3C)c(C#N)c2)c1C)c1ccc(C(=O)N(C)C)cc1. The van der Waals surface area contributed by atoms with Gasteiger partial charge in [0.05, 0.1) is 24.5 Å². The van der Waals surface area contributed by atoms with Crippen LogP contribution >= 0.6 is 0 Å². The summed E-state index contributed by atoms with van der Waals surface area (Å²) in [6.07, 6.45) is 3.86. The summed E-state index contributed by atoms with van der Waals surface area (Å²) in [6, 6.07) is 17.7. The minimum atomic E-state index is -0.0201. The van der Waals surface area contributed by atoms with Crippen molar-refractivity contribution < 1.29 is 14.3 Å².